The second-order valence-corrected chi connectivity index (χ2v) is 8.04. The molecule has 0 amide bonds. The molecule has 5 aromatic rings. The highest BCUT2D eigenvalue weighted by atomic mass is 16.5. The van der Waals surface area contributed by atoms with E-state index < -0.39 is 0 Å². The van der Waals surface area contributed by atoms with Gasteiger partial charge in [0.15, 0.2) is 11.5 Å². The Hall–Kier alpha value is -4.31. The van der Waals surface area contributed by atoms with Crippen molar-refractivity contribution in [1.82, 2.24) is 0 Å². The topological polar surface area (TPSA) is 44.0 Å². The van der Waals surface area contributed by atoms with Gasteiger partial charge in [0, 0.05) is 21.9 Å². The lowest BCUT2D eigenvalue weighted by molar-refractivity contribution is 0.355. The highest BCUT2D eigenvalue weighted by molar-refractivity contribution is 6.02. The van der Waals surface area contributed by atoms with Crippen LogP contribution in [0.2, 0.25) is 0 Å². The van der Waals surface area contributed by atoms with Crippen molar-refractivity contribution in [1.29, 1.82) is 0 Å². The van der Waals surface area contributed by atoms with Crippen LogP contribution in [0.15, 0.2) is 106 Å². The van der Waals surface area contributed by atoms with Gasteiger partial charge in [-0.2, -0.15) is 0 Å². The first-order valence-electron chi connectivity index (χ1n) is 11.1. The largest absolute Gasteiger partial charge is 0.493 e. The van der Waals surface area contributed by atoms with Gasteiger partial charge in [-0.1, -0.05) is 78.4 Å². The van der Waals surface area contributed by atoms with E-state index in [2.05, 4.69) is 19.1 Å². The van der Waals surface area contributed by atoms with Crippen molar-refractivity contribution in [3.63, 3.8) is 0 Å². The van der Waals surface area contributed by atoms with Crippen LogP contribution in [0.5, 0.6) is 11.5 Å². The fourth-order valence-corrected chi connectivity index (χ4v) is 4.09. The lowest BCUT2D eigenvalue weighted by Gasteiger charge is -2.16. The minimum atomic E-state index is 0.512. The minimum absolute atomic E-state index is 0.512. The minimum Gasteiger partial charge on any atom is -0.493 e. The van der Waals surface area contributed by atoms with E-state index in [0.29, 0.717) is 17.1 Å². The smallest absolute Gasteiger partial charge is 0.227 e. The third-order valence-electron chi connectivity index (χ3n) is 5.81. The predicted octanol–water partition coefficient (Wildman–Crippen LogP) is 7.32. The van der Waals surface area contributed by atoms with Crippen molar-refractivity contribution >= 4 is 16.5 Å². The molecule has 34 heavy (non-hydrogen) atoms. The van der Waals surface area contributed by atoms with Crippen LogP contribution >= 0.6 is 0 Å². The van der Waals surface area contributed by atoms with E-state index in [4.69, 9.17) is 18.9 Å². The van der Waals surface area contributed by atoms with Crippen molar-refractivity contribution in [3.8, 4) is 33.9 Å². The maximum absolute atomic E-state index is 6.61. The lowest BCUT2D eigenvalue weighted by atomic mass is 9.95. The van der Waals surface area contributed by atoms with Crippen molar-refractivity contribution < 1.29 is 13.9 Å². The van der Waals surface area contributed by atoms with E-state index in [1.165, 1.54) is 5.56 Å². The predicted molar refractivity (Wildman–Crippen MR) is 137 cm³/mol. The molecule has 0 unspecified atom stereocenters. The van der Waals surface area contributed by atoms with E-state index in [9.17, 15) is 0 Å². The van der Waals surface area contributed by atoms with Crippen molar-refractivity contribution in [2.24, 2.45) is 4.99 Å². The normalized spacial score (nSPS) is 11.6. The quantitative estimate of drug-likeness (QED) is 0.283. The first-order valence-corrected chi connectivity index (χ1v) is 11.1. The Morgan fingerprint density at radius 2 is 1.21 bits per heavy atom. The van der Waals surface area contributed by atoms with Crippen molar-refractivity contribution in [2.45, 2.75) is 6.92 Å². The third kappa shape index (κ3) is 4.06. The Kier molecular flexibility index (Phi) is 5.88. The average molecular weight is 448 g/mol. The summed E-state index contributed by atoms with van der Waals surface area (Å²) in [5.41, 5.74) is 5.50. The molecule has 4 heteroatoms. The number of hydrogen-bond acceptors (Lipinski definition) is 4. The maximum atomic E-state index is 6.61. The van der Waals surface area contributed by atoms with Crippen LogP contribution in [0.4, 0.5) is 5.69 Å². The molecule has 4 aromatic carbocycles. The van der Waals surface area contributed by atoms with Gasteiger partial charge in [-0.15, -0.1) is 0 Å². The van der Waals surface area contributed by atoms with E-state index in [-0.39, 0.29) is 0 Å². The summed E-state index contributed by atoms with van der Waals surface area (Å²) in [4.78, 5) is 4.90. The van der Waals surface area contributed by atoms with Crippen molar-refractivity contribution in [2.75, 3.05) is 14.2 Å². The van der Waals surface area contributed by atoms with Crippen LogP contribution in [0.25, 0.3) is 33.2 Å². The van der Waals surface area contributed by atoms with E-state index in [0.717, 1.165) is 38.9 Å². The zero-order valence-corrected chi connectivity index (χ0v) is 19.4. The van der Waals surface area contributed by atoms with Gasteiger partial charge in [0.1, 0.15) is 5.76 Å². The second kappa shape index (κ2) is 9.28. The van der Waals surface area contributed by atoms with Gasteiger partial charge in [-0.3, -0.25) is 0 Å². The number of methoxy groups -OCH3 is 2. The number of fused-ring (bicyclic) bond motifs is 1. The summed E-state index contributed by atoms with van der Waals surface area (Å²) >= 11 is 0. The van der Waals surface area contributed by atoms with E-state index >= 15 is 0 Å². The molecule has 0 aliphatic heterocycles. The molecule has 4 nitrogen and oxygen atoms in total. The second-order valence-electron chi connectivity index (χ2n) is 8.04. The highest BCUT2D eigenvalue weighted by Crippen LogP contribution is 2.41. The molecule has 168 valence electrons. The van der Waals surface area contributed by atoms with Gasteiger partial charge in [0.2, 0.25) is 5.55 Å². The van der Waals surface area contributed by atoms with Gasteiger partial charge in [0.25, 0.3) is 0 Å². The lowest BCUT2D eigenvalue weighted by Crippen LogP contribution is -2.06. The Balaban J connectivity index is 1.95. The van der Waals surface area contributed by atoms with Gasteiger partial charge in [-0.05, 0) is 36.8 Å². The molecule has 1 aromatic heterocycles. The molecule has 0 aliphatic carbocycles. The molecule has 0 N–H and O–H groups in total. The molecule has 0 spiro atoms. The fourth-order valence-electron chi connectivity index (χ4n) is 4.09. The molecule has 0 saturated heterocycles. The molecule has 5 rings (SSSR count). The Labute approximate surface area is 198 Å². The van der Waals surface area contributed by atoms with Gasteiger partial charge >= 0.3 is 0 Å². The van der Waals surface area contributed by atoms with Crippen LogP contribution in [-0.4, -0.2) is 14.2 Å². The summed E-state index contributed by atoms with van der Waals surface area (Å²) in [5.74, 6) is 2.02. The van der Waals surface area contributed by atoms with Crippen LogP contribution in [0.3, 0.4) is 0 Å². The number of benzene rings is 4. The summed E-state index contributed by atoms with van der Waals surface area (Å²) in [6, 6.07) is 32.4. The Morgan fingerprint density at radius 3 is 1.79 bits per heavy atom. The summed E-state index contributed by atoms with van der Waals surface area (Å²) in [7, 11) is 3.28. The monoisotopic (exact) mass is 447 g/mol. The number of rotatable bonds is 5. The molecular weight excluding hydrogens is 422 g/mol. The highest BCUT2D eigenvalue weighted by Gasteiger charge is 2.19. The number of ether oxygens (including phenoxy) is 2. The average Bonchev–Trinajstić information content (AvgIpc) is 2.90. The van der Waals surface area contributed by atoms with Crippen LogP contribution < -0.4 is 15.0 Å². The fraction of sp³-hybridized carbons (Fsp3) is 0.100. The molecule has 0 fully saturated rings. The molecule has 0 bridgehead atoms. The third-order valence-corrected chi connectivity index (χ3v) is 5.81. The zero-order valence-electron chi connectivity index (χ0n) is 19.4. The molecule has 0 saturated carbocycles. The van der Waals surface area contributed by atoms with E-state index in [1.807, 2.05) is 84.9 Å². The van der Waals surface area contributed by atoms with Gasteiger partial charge in [-0.25, -0.2) is 4.99 Å². The number of hydrogen-bond donors (Lipinski definition) is 0. The summed E-state index contributed by atoms with van der Waals surface area (Å²) in [6.07, 6.45) is 0. The first kappa shape index (κ1) is 21.5. The van der Waals surface area contributed by atoms with Crippen LogP contribution in [-0.2, 0) is 0 Å². The number of nitrogens with zero attached hydrogens (tertiary/aromatic N) is 1. The van der Waals surface area contributed by atoms with Gasteiger partial charge in [0.05, 0.1) is 19.9 Å². The maximum Gasteiger partial charge on any atom is 0.227 e. The molecule has 0 aliphatic rings. The molecule has 0 atom stereocenters. The standard InChI is InChI=1S/C30H25NO3/c1-20-14-16-23(17-15-20)31-30-25-19-27(33-3)26(32-2)18-24(25)28(21-10-6-4-7-11-21)29(34-30)22-12-8-5-9-13-22/h4-19H,1-3H3. The molecule has 1 heterocycles. The van der Waals surface area contributed by atoms with Crippen LogP contribution in [0.1, 0.15) is 5.56 Å². The zero-order chi connectivity index (χ0) is 23.5. The molecular formula is C30H25NO3. The Bertz CT molecular complexity index is 1500. The molecule has 0 radical (unpaired) electrons. The SMILES string of the molecule is COc1cc2c(-c3ccccc3)c(-c3ccccc3)oc(=Nc3ccc(C)cc3)c2cc1OC. The Morgan fingerprint density at radius 1 is 0.647 bits per heavy atom. The van der Waals surface area contributed by atoms with Gasteiger partial charge < -0.3 is 13.9 Å². The summed E-state index contributed by atoms with van der Waals surface area (Å²) in [5, 5.41) is 1.82. The van der Waals surface area contributed by atoms with E-state index in [1.54, 1.807) is 14.2 Å². The van der Waals surface area contributed by atoms with Crippen molar-refractivity contribution in [3.05, 3.63) is 108 Å². The van der Waals surface area contributed by atoms with Crippen LogP contribution in [0, 0.1) is 6.92 Å². The summed E-state index contributed by atoms with van der Waals surface area (Å²) in [6.45, 7) is 2.06. The first-order chi connectivity index (χ1) is 16.7. The summed E-state index contributed by atoms with van der Waals surface area (Å²) < 4.78 is 17.9. The number of aryl methyl sites for hydroxylation is 1.